The molecule has 1 saturated carbocycles. The van der Waals surface area contributed by atoms with Crippen LogP contribution in [0.2, 0.25) is 0 Å². The van der Waals surface area contributed by atoms with Crippen LogP contribution in [0, 0.1) is 11.3 Å². The largest absolute Gasteiger partial charge is 0.481 e. The van der Waals surface area contributed by atoms with Gasteiger partial charge in [-0.2, -0.15) is 0 Å². The Hall–Kier alpha value is -0.570. The van der Waals surface area contributed by atoms with Crippen LogP contribution in [0.4, 0.5) is 0 Å². The summed E-state index contributed by atoms with van der Waals surface area (Å²) in [5.74, 6) is 0.228. The van der Waals surface area contributed by atoms with E-state index in [2.05, 4.69) is 18.7 Å². The summed E-state index contributed by atoms with van der Waals surface area (Å²) >= 11 is 0. The summed E-state index contributed by atoms with van der Waals surface area (Å²) in [4.78, 5) is 14.0. The summed E-state index contributed by atoms with van der Waals surface area (Å²) in [6.07, 6.45) is 6.37. The Kier molecular flexibility index (Phi) is 3.76. The number of hydrogen-bond donors (Lipinski definition) is 1. The predicted molar refractivity (Wildman–Crippen MR) is 68.0 cm³/mol. The van der Waals surface area contributed by atoms with Gasteiger partial charge < -0.3 is 5.11 Å². The molecule has 1 saturated heterocycles. The van der Waals surface area contributed by atoms with Crippen LogP contribution in [0.5, 0.6) is 0 Å². The fraction of sp³-hybridized carbons (Fsp3) is 0.929. The van der Waals surface area contributed by atoms with Crippen LogP contribution in [0.1, 0.15) is 52.4 Å². The molecule has 98 valence electrons. The highest BCUT2D eigenvalue weighted by molar-refractivity contribution is 5.75. The Morgan fingerprint density at radius 3 is 2.53 bits per heavy atom. The molecule has 17 heavy (non-hydrogen) atoms. The van der Waals surface area contributed by atoms with Crippen molar-refractivity contribution in [3.8, 4) is 0 Å². The third kappa shape index (κ3) is 2.65. The lowest BCUT2D eigenvalue weighted by Crippen LogP contribution is -2.48. The van der Waals surface area contributed by atoms with Crippen molar-refractivity contribution in [2.45, 2.75) is 58.4 Å². The zero-order valence-corrected chi connectivity index (χ0v) is 11.1. The monoisotopic (exact) mass is 239 g/mol. The van der Waals surface area contributed by atoms with Gasteiger partial charge in [0.1, 0.15) is 0 Å². The summed E-state index contributed by atoms with van der Waals surface area (Å²) in [6.45, 7) is 6.41. The SMILES string of the molecule is CC1CCN(CC2(C(=O)O)CCCC2)C(C)C1. The Morgan fingerprint density at radius 2 is 2.00 bits per heavy atom. The second-order valence-corrected chi connectivity index (χ2v) is 6.24. The van der Waals surface area contributed by atoms with E-state index in [4.69, 9.17) is 0 Å². The second kappa shape index (κ2) is 4.97. The second-order valence-electron chi connectivity index (χ2n) is 6.24. The third-order valence-electron chi connectivity index (χ3n) is 4.80. The average molecular weight is 239 g/mol. The van der Waals surface area contributed by atoms with E-state index in [1.165, 1.54) is 12.8 Å². The van der Waals surface area contributed by atoms with E-state index in [0.29, 0.717) is 6.04 Å². The van der Waals surface area contributed by atoms with E-state index in [0.717, 1.165) is 44.7 Å². The number of carboxylic acid groups (broad SMARTS) is 1. The number of rotatable bonds is 3. The standard InChI is InChI=1S/C14H25NO2/c1-11-5-8-15(12(2)9-11)10-14(13(16)17)6-3-4-7-14/h11-12H,3-10H2,1-2H3,(H,16,17). The molecule has 0 aromatic carbocycles. The topological polar surface area (TPSA) is 40.5 Å². The van der Waals surface area contributed by atoms with E-state index in [9.17, 15) is 9.90 Å². The van der Waals surface area contributed by atoms with Crippen molar-refractivity contribution in [3.63, 3.8) is 0 Å². The first kappa shape index (κ1) is 12.9. The first-order valence-corrected chi connectivity index (χ1v) is 7.01. The lowest BCUT2D eigenvalue weighted by molar-refractivity contribution is -0.150. The van der Waals surface area contributed by atoms with E-state index < -0.39 is 11.4 Å². The molecule has 0 aromatic rings. The van der Waals surface area contributed by atoms with E-state index >= 15 is 0 Å². The number of aliphatic carboxylic acids is 1. The van der Waals surface area contributed by atoms with Gasteiger partial charge in [-0.25, -0.2) is 0 Å². The van der Waals surface area contributed by atoms with Gasteiger partial charge >= 0.3 is 5.97 Å². The summed E-state index contributed by atoms with van der Waals surface area (Å²) in [6, 6.07) is 0.551. The molecule has 1 aliphatic carbocycles. The molecule has 1 heterocycles. The molecule has 3 nitrogen and oxygen atoms in total. The first-order valence-electron chi connectivity index (χ1n) is 7.01. The lowest BCUT2D eigenvalue weighted by atomic mass is 9.83. The average Bonchev–Trinajstić information content (AvgIpc) is 2.72. The minimum absolute atomic E-state index is 0.436. The number of carbonyl (C=O) groups is 1. The molecule has 0 aromatic heterocycles. The highest BCUT2D eigenvalue weighted by Crippen LogP contribution is 2.40. The van der Waals surface area contributed by atoms with Crippen LogP contribution in [0.3, 0.4) is 0 Å². The molecule has 0 spiro atoms. The maximum absolute atomic E-state index is 11.5. The number of carboxylic acids is 1. The van der Waals surface area contributed by atoms with Gasteiger partial charge in [0.15, 0.2) is 0 Å². The van der Waals surface area contributed by atoms with Crippen molar-refractivity contribution in [2.24, 2.45) is 11.3 Å². The minimum Gasteiger partial charge on any atom is -0.481 e. The summed E-state index contributed by atoms with van der Waals surface area (Å²) in [7, 11) is 0. The highest BCUT2D eigenvalue weighted by Gasteiger charge is 2.43. The van der Waals surface area contributed by atoms with Gasteiger partial charge in [-0.15, -0.1) is 0 Å². The van der Waals surface area contributed by atoms with Crippen molar-refractivity contribution in [1.82, 2.24) is 4.90 Å². The normalized spacial score (nSPS) is 33.8. The predicted octanol–water partition coefficient (Wildman–Crippen LogP) is 2.75. The van der Waals surface area contributed by atoms with E-state index in [1.54, 1.807) is 0 Å². The van der Waals surface area contributed by atoms with Crippen molar-refractivity contribution in [3.05, 3.63) is 0 Å². The molecule has 1 N–H and O–H groups in total. The van der Waals surface area contributed by atoms with Crippen LogP contribution < -0.4 is 0 Å². The van der Waals surface area contributed by atoms with Gasteiger partial charge in [-0.1, -0.05) is 19.8 Å². The van der Waals surface area contributed by atoms with Gasteiger partial charge in [0.2, 0.25) is 0 Å². The number of likely N-dealkylation sites (tertiary alicyclic amines) is 1. The molecule has 2 atom stereocenters. The van der Waals surface area contributed by atoms with Crippen LogP contribution in [-0.2, 0) is 4.79 Å². The van der Waals surface area contributed by atoms with Crippen LogP contribution in [0.25, 0.3) is 0 Å². The van der Waals surface area contributed by atoms with Crippen LogP contribution in [0.15, 0.2) is 0 Å². The summed E-state index contributed by atoms with van der Waals surface area (Å²) < 4.78 is 0. The van der Waals surface area contributed by atoms with Gasteiger partial charge in [0, 0.05) is 12.6 Å². The van der Waals surface area contributed by atoms with E-state index in [-0.39, 0.29) is 0 Å². The lowest BCUT2D eigenvalue weighted by Gasteiger charge is -2.40. The third-order valence-corrected chi connectivity index (χ3v) is 4.80. The molecule has 0 bridgehead atoms. The van der Waals surface area contributed by atoms with Gasteiger partial charge in [-0.05, 0) is 45.1 Å². The number of piperidine rings is 1. The van der Waals surface area contributed by atoms with Gasteiger partial charge in [0.25, 0.3) is 0 Å². The zero-order valence-electron chi connectivity index (χ0n) is 11.1. The molecule has 1 aliphatic heterocycles. The van der Waals surface area contributed by atoms with Gasteiger partial charge in [0.05, 0.1) is 5.41 Å². The van der Waals surface area contributed by atoms with E-state index in [1.807, 2.05) is 0 Å². The summed E-state index contributed by atoms with van der Waals surface area (Å²) in [5.41, 5.74) is -0.436. The summed E-state index contributed by atoms with van der Waals surface area (Å²) in [5, 5.41) is 9.51. The molecule has 2 fully saturated rings. The molecular weight excluding hydrogens is 214 g/mol. The van der Waals surface area contributed by atoms with Crippen molar-refractivity contribution < 1.29 is 9.90 Å². The fourth-order valence-electron chi connectivity index (χ4n) is 3.57. The molecule has 3 heteroatoms. The smallest absolute Gasteiger partial charge is 0.310 e. The van der Waals surface area contributed by atoms with Crippen molar-refractivity contribution in [2.75, 3.05) is 13.1 Å². The number of nitrogens with zero attached hydrogens (tertiary/aromatic N) is 1. The van der Waals surface area contributed by atoms with Crippen LogP contribution in [-0.4, -0.2) is 35.1 Å². The molecule has 2 unspecified atom stereocenters. The first-order chi connectivity index (χ1) is 8.03. The highest BCUT2D eigenvalue weighted by atomic mass is 16.4. The molecule has 2 rings (SSSR count). The Labute approximate surface area is 104 Å². The van der Waals surface area contributed by atoms with Crippen LogP contribution >= 0.6 is 0 Å². The molecule has 0 radical (unpaired) electrons. The Morgan fingerprint density at radius 1 is 1.35 bits per heavy atom. The fourth-order valence-corrected chi connectivity index (χ4v) is 3.57. The minimum atomic E-state index is -0.569. The molecule has 0 amide bonds. The Balaban J connectivity index is 2.01. The van der Waals surface area contributed by atoms with Crippen molar-refractivity contribution >= 4 is 5.97 Å². The van der Waals surface area contributed by atoms with Gasteiger partial charge in [-0.3, -0.25) is 9.69 Å². The zero-order chi connectivity index (χ0) is 12.5. The molecular formula is C14H25NO2. The number of hydrogen-bond acceptors (Lipinski definition) is 2. The maximum atomic E-state index is 11.5. The molecule has 2 aliphatic rings. The van der Waals surface area contributed by atoms with Crippen molar-refractivity contribution in [1.29, 1.82) is 0 Å². The maximum Gasteiger partial charge on any atom is 0.310 e. The quantitative estimate of drug-likeness (QED) is 0.823. The Bertz CT molecular complexity index is 284.